The lowest BCUT2D eigenvalue weighted by Crippen LogP contribution is -2.41. The molecule has 0 aliphatic heterocycles. The Morgan fingerprint density at radius 3 is 2.69 bits per heavy atom. The first-order chi connectivity index (χ1) is 7.44. The zero-order chi connectivity index (χ0) is 12.2. The molecular formula is C11H18O4S. The Hall–Kier alpha value is -0.650. The van der Waals surface area contributed by atoms with Crippen LogP contribution in [0.25, 0.3) is 0 Å². The van der Waals surface area contributed by atoms with E-state index in [1.54, 1.807) is 19.1 Å². The van der Waals surface area contributed by atoms with Gasteiger partial charge in [-0.1, -0.05) is 31.2 Å². The van der Waals surface area contributed by atoms with Gasteiger partial charge in [-0.2, -0.15) is 8.42 Å². The van der Waals surface area contributed by atoms with Crippen molar-refractivity contribution in [2.24, 2.45) is 5.92 Å². The summed E-state index contributed by atoms with van der Waals surface area (Å²) in [5.41, 5.74) is 0. The van der Waals surface area contributed by atoms with Crippen LogP contribution in [0.5, 0.6) is 0 Å². The third-order valence-electron chi connectivity index (χ3n) is 2.92. The van der Waals surface area contributed by atoms with E-state index in [1.165, 1.54) is 0 Å². The minimum atomic E-state index is -3.65. The van der Waals surface area contributed by atoms with E-state index >= 15 is 0 Å². The summed E-state index contributed by atoms with van der Waals surface area (Å²) >= 11 is 0. The molecule has 16 heavy (non-hydrogen) atoms. The second-order valence-corrected chi connectivity index (χ2v) is 6.09. The average Bonchev–Trinajstić information content (AvgIpc) is 2.22. The first kappa shape index (κ1) is 13.4. The Morgan fingerprint density at radius 2 is 2.12 bits per heavy atom. The summed E-state index contributed by atoms with van der Waals surface area (Å²) in [4.78, 5) is 0. The van der Waals surface area contributed by atoms with E-state index in [4.69, 9.17) is 9.29 Å². The van der Waals surface area contributed by atoms with Gasteiger partial charge in [0.1, 0.15) is 4.75 Å². The second kappa shape index (κ2) is 5.12. The predicted molar refractivity (Wildman–Crippen MR) is 62.4 cm³/mol. The van der Waals surface area contributed by atoms with Gasteiger partial charge in [0.25, 0.3) is 10.1 Å². The molecule has 1 aliphatic rings. The van der Waals surface area contributed by atoms with Crippen molar-refractivity contribution < 1.29 is 17.7 Å². The van der Waals surface area contributed by atoms with Crippen molar-refractivity contribution in [3.63, 3.8) is 0 Å². The van der Waals surface area contributed by atoms with Gasteiger partial charge in [-0.15, -0.1) is 0 Å². The highest BCUT2D eigenvalue weighted by molar-refractivity contribution is 7.88. The molecule has 2 atom stereocenters. The molecule has 0 spiro atoms. The van der Waals surface area contributed by atoms with E-state index in [0.717, 1.165) is 0 Å². The molecule has 0 radical (unpaired) electrons. The maximum Gasteiger partial charge on any atom is 0.277 e. The number of hydrogen-bond donors (Lipinski definition) is 1. The van der Waals surface area contributed by atoms with E-state index < -0.39 is 14.9 Å². The number of aliphatic hydroxyl groups is 1. The Kier molecular flexibility index (Phi) is 4.29. The summed E-state index contributed by atoms with van der Waals surface area (Å²) < 4.78 is 27.9. The minimum Gasteiger partial charge on any atom is -0.396 e. The molecule has 0 heterocycles. The fourth-order valence-corrected chi connectivity index (χ4v) is 2.86. The molecule has 1 rings (SSSR count). The van der Waals surface area contributed by atoms with Gasteiger partial charge in [0.2, 0.25) is 0 Å². The molecule has 2 unspecified atom stereocenters. The monoisotopic (exact) mass is 246 g/mol. The van der Waals surface area contributed by atoms with Crippen LogP contribution in [0.1, 0.15) is 20.3 Å². The zero-order valence-electron chi connectivity index (χ0n) is 9.59. The van der Waals surface area contributed by atoms with Crippen molar-refractivity contribution in [1.29, 1.82) is 0 Å². The molecule has 4 nitrogen and oxygen atoms in total. The Bertz CT molecular complexity index is 383. The molecule has 0 fully saturated rings. The van der Waals surface area contributed by atoms with Crippen molar-refractivity contribution in [2.45, 2.75) is 25.0 Å². The lowest BCUT2D eigenvalue weighted by molar-refractivity contribution is 0.231. The van der Waals surface area contributed by atoms with E-state index in [9.17, 15) is 8.42 Å². The van der Waals surface area contributed by atoms with Crippen LogP contribution < -0.4 is 0 Å². The van der Waals surface area contributed by atoms with Crippen molar-refractivity contribution in [1.82, 2.24) is 0 Å². The molecule has 0 amide bonds. The molecule has 0 saturated carbocycles. The number of allylic oxidation sites excluding steroid dienone is 3. The van der Waals surface area contributed by atoms with Gasteiger partial charge >= 0.3 is 0 Å². The lowest BCUT2D eigenvalue weighted by atomic mass is 9.91. The van der Waals surface area contributed by atoms with Crippen molar-refractivity contribution in [3.05, 3.63) is 24.3 Å². The zero-order valence-corrected chi connectivity index (χ0v) is 10.4. The average molecular weight is 246 g/mol. The minimum absolute atomic E-state index is 0.0265. The fourth-order valence-electron chi connectivity index (χ4n) is 1.49. The van der Waals surface area contributed by atoms with Gasteiger partial charge < -0.3 is 5.11 Å². The Labute approximate surface area is 96.7 Å². The van der Waals surface area contributed by atoms with Crippen molar-refractivity contribution in [3.8, 4) is 0 Å². The molecule has 92 valence electrons. The summed E-state index contributed by atoms with van der Waals surface area (Å²) in [7, 11) is -3.65. The normalized spacial score (nSPS) is 29.6. The Morgan fingerprint density at radius 1 is 1.44 bits per heavy atom. The molecule has 0 bridgehead atoms. The second-order valence-electron chi connectivity index (χ2n) is 4.07. The third kappa shape index (κ3) is 2.53. The van der Waals surface area contributed by atoms with Crippen molar-refractivity contribution >= 4 is 10.1 Å². The SMILES string of the molecule is CC1C=CC=CC1(C)S(=O)(=O)OCCCO. The third-order valence-corrected chi connectivity index (χ3v) is 4.98. The molecule has 0 aromatic rings. The summed E-state index contributed by atoms with van der Waals surface area (Å²) in [5.74, 6) is -0.128. The summed E-state index contributed by atoms with van der Waals surface area (Å²) in [6.45, 7) is 3.44. The van der Waals surface area contributed by atoms with Gasteiger partial charge in [-0.05, 0) is 19.3 Å². The van der Waals surface area contributed by atoms with Crippen LogP contribution in [-0.2, 0) is 14.3 Å². The van der Waals surface area contributed by atoms with Crippen LogP contribution in [-0.4, -0.2) is 31.5 Å². The molecule has 0 aromatic carbocycles. The quantitative estimate of drug-likeness (QED) is 0.585. The topological polar surface area (TPSA) is 63.6 Å². The first-order valence-electron chi connectivity index (χ1n) is 5.30. The van der Waals surface area contributed by atoms with Crippen LogP contribution in [0.15, 0.2) is 24.3 Å². The first-order valence-corrected chi connectivity index (χ1v) is 6.71. The highest BCUT2D eigenvalue weighted by atomic mass is 32.2. The molecule has 1 N–H and O–H groups in total. The molecule has 0 aromatic heterocycles. The van der Waals surface area contributed by atoms with Crippen LogP contribution in [0.4, 0.5) is 0 Å². The number of rotatable bonds is 5. The summed E-state index contributed by atoms with van der Waals surface area (Å²) in [6, 6.07) is 0. The lowest BCUT2D eigenvalue weighted by Gasteiger charge is -2.31. The highest BCUT2D eigenvalue weighted by Gasteiger charge is 2.42. The predicted octanol–water partition coefficient (Wildman–Crippen LogP) is 1.24. The molecule has 0 saturated heterocycles. The molecular weight excluding hydrogens is 228 g/mol. The van der Waals surface area contributed by atoms with Gasteiger partial charge in [-0.25, -0.2) is 0 Å². The van der Waals surface area contributed by atoms with Gasteiger partial charge in [0, 0.05) is 6.61 Å². The van der Waals surface area contributed by atoms with Crippen LogP contribution in [0.3, 0.4) is 0 Å². The smallest absolute Gasteiger partial charge is 0.277 e. The maximum atomic E-state index is 12.0. The standard InChI is InChI=1S/C11H18O4S/c1-10-6-3-4-7-11(10,2)16(13,14)15-9-5-8-12/h3-4,6-7,10,12H,5,8-9H2,1-2H3. The van der Waals surface area contributed by atoms with Crippen LogP contribution in [0, 0.1) is 5.92 Å². The summed E-state index contributed by atoms with van der Waals surface area (Å²) in [6.07, 6.45) is 7.35. The van der Waals surface area contributed by atoms with Gasteiger partial charge in [-0.3, -0.25) is 4.18 Å². The highest BCUT2D eigenvalue weighted by Crippen LogP contribution is 2.33. The van der Waals surface area contributed by atoms with Crippen LogP contribution >= 0.6 is 0 Å². The Balaban J connectivity index is 2.82. The molecule has 5 heteroatoms. The number of hydrogen-bond acceptors (Lipinski definition) is 4. The van der Waals surface area contributed by atoms with Gasteiger partial charge in [0.05, 0.1) is 6.61 Å². The van der Waals surface area contributed by atoms with E-state index in [-0.39, 0.29) is 19.1 Å². The van der Waals surface area contributed by atoms with E-state index in [1.807, 2.05) is 19.1 Å². The largest absolute Gasteiger partial charge is 0.396 e. The van der Waals surface area contributed by atoms with Gasteiger partial charge in [0.15, 0.2) is 0 Å². The number of aliphatic hydroxyl groups excluding tert-OH is 1. The van der Waals surface area contributed by atoms with E-state index in [0.29, 0.717) is 6.42 Å². The fraction of sp³-hybridized carbons (Fsp3) is 0.636. The summed E-state index contributed by atoms with van der Waals surface area (Å²) in [5, 5.41) is 8.59. The van der Waals surface area contributed by atoms with Crippen molar-refractivity contribution in [2.75, 3.05) is 13.2 Å². The van der Waals surface area contributed by atoms with Crippen LogP contribution in [0.2, 0.25) is 0 Å². The maximum absolute atomic E-state index is 12.0. The van der Waals surface area contributed by atoms with E-state index in [2.05, 4.69) is 0 Å². The molecule has 1 aliphatic carbocycles.